The van der Waals surface area contributed by atoms with E-state index in [9.17, 15) is 4.79 Å². The smallest absolute Gasteiger partial charge is 0.248 e. The largest absolute Gasteiger partial charge is 0.485 e. The van der Waals surface area contributed by atoms with Gasteiger partial charge in [0.05, 0.1) is 11.6 Å². The molecule has 0 saturated heterocycles. The van der Waals surface area contributed by atoms with Crippen molar-refractivity contribution in [1.82, 2.24) is 20.2 Å². The van der Waals surface area contributed by atoms with Crippen molar-refractivity contribution in [1.29, 1.82) is 5.26 Å². The molecule has 8 heteroatoms. The van der Waals surface area contributed by atoms with Gasteiger partial charge >= 0.3 is 0 Å². The molecule has 2 aromatic carbocycles. The molecule has 8 nitrogen and oxygen atoms in total. The molecule has 0 aliphatic carbocycles. The van der Waals surface area contributed by atoms with E-state index in [2.05, 4.69) is 20.7 Å². The Morgan fingerprint density at radius 1 is 1.20 bits per heavy atom. The SMILES string of the molecule is N#Cc1cccc(NC(=O)Cn2nnc(COc3ccccc3)n2)c1. The third-order valence-corrected chi connectivity index (χ3v) is 3.17. The lowest BCUT2D eigenvalue weighted by molar-refractivity contribution is -0.117. The first-order chi connectivity index (χ1) is 12.2. The van der Waals surface area contributed by atoms with Crippen LogP contribution in [0.15, 0.2) is 54.6 Å². The van der Waals surface area contributed by atoms with E-state index in [1.807, 2.05) is 36.4 Å². The van der Waals surface area contributed by atoms with Crippen LogP contribution < -0.4 is 10.1 Å². The zero-order chi connectivity index (χ0) is 17.5. The first-order valence-electron chi connectivity index (χ1n) is 7.47. The minimum absolute atomic E-state index is 0.0882. The van der Waals surface area contributed by atoms with Crippen molar-refractivity contribution < 1.29 is 9.53 Å². The Kier molecular flexibility index (Phi) is 4.97. The number of hydrogen-bond acceptors (Lipinski definition) is 6. The van der Waals surface area contributed by atoms with Crippen molar-refractivity contribution in [2.45, 2.75) is 13.2 Å². The van der Waals surface area contributed by atoms with Gasteiger partial charge in [0.25, 0.3) is 0 Å². The molecule has 0 bridgehead atoms. The molecule has 1 N–H and O–H groups in total. The van der Waals surface area contributed by atoms with Crippen molar-refractivity contribution in [3.63, 3.8) is 0 Å². The van der Waals surface area contributed by atoms with Gasteiger partial charge in [-0.25, -0.2) is 0 Å². The van der Waals surface area contributed by atoms with Gasteiger partial charge in [0, 0.05) is 5.69 Å². The quantitative estimate of drug-likeness (QED) is 0.736. The Bertz CT molecular complexity index is 901. The Labute approximate surface area is 143 Å². The van der Waals surface area contributed by atoms with E-state index in [0.717, 1.165) is 0 Å². The number of hydrogen-bond donors (Lipinski definition) is 1. The van der Waals surface area contributed by atoms with E-state index in [0.29, 0.717) is 22.8 Å². The summed E-state index contributed by atoms with van der Waals surface area (Å²) in [4.78, 5) is 13.2. The summed E-state index contributed by atoms with van der Waals surface area (Å²) in [6, 6.07) is 17.9. The van der Waals surface area contributed by atoms with Crippen LogP contribution in [-0.2, 0) is 17.9 Å². The van der Waals surface area contributed by atoms with E-state index < -0.39 is 0 Å². The highest BCUT2D eigenvalue weighted by atomic mass is 16.5. The van der Waals surface area contributed by atoms with Crippen LogP contribution in [0.5, 0.6) is 5.75 Å². The predicted octanol–water partition coefficient (Wildman–Crippen LogP) is 1.76. The molecule has 0 aliphatic heterocycles. The van der Waals surface area contributed by atoms with Gasteiger partial charge in [-0.2, -0.15) is 10.1 Å². The summed E-state index contributed by atoms with van der Waals surface area (Å²) in [6.45, 7) is 0.0744. The summed E-state index contributed by atoms with van der Waals surface area (Å²) in [6.07, 6.45) is 0. The zero-order valence-corrected chi connectivity index (χ0v) is 13.2. The van der Waals surface area contributed by atoms with Gasteiger partial charge in [-0.15, -0.1) is 10.2 Å². The van der Waals surface area contributed by atoms with E-state index in [4.69, 9.17) is 10.00 Å². The minimum Gasteiger partial charge on any atom is -0.485 e. The molecule has 0 fully saturated rings. The molecule has 0 radical (unpaired) electrons. The predicted molar refractivity (Wildman–Crippen MR) is 88.4 cm³/mol. The van der Waals surface area contributed by atoms with Crippen LogP contribution in [0.2, 0.25) is 0 Å². The number of nitriles is 1. The van der Waals surface area contributed by atoms with E-state index in [-0.39, 0.29) is 19.1 Å². The summed E-state index contributed by atoms with van der Waals surface area (Å²) in [5.74, 6) is 0.764. The van der Waals surface area contributed by atoms with E-state index in [1.54, 1.807) is 24.3 Å². The number of rotatable bonds is 6. The van der Waals surface area contributed by atoms with E-state index in [1.165, 1.54) is 4.80 Å². The van der Waals surface area contributed by atoms with Crippen LogP contribution in [0.3, 0.4) is 0 Å². The molecule has 0 saturated carbocycles. The highest BCUT2D eigenvalue weighted by Gasteiger charge is 2.09. The standard InChI is InChI=1S/C17H14N6O2/c18-10-13-5-4-6-14(9-13)19-17(24)11-23-21-16(20-22-23)12-25-15-7-2-1-3-8-15/h1-9H,11-12H2,(H,19,24). The van der Waals surface area contributed by atoms with E-state index >= 15 is 0 Å². The summed E-state index contributed by atoms with van der Waals surface area (Å²) >= 11 is 0. The Balaban J connectivity index is 1.54. The van der Waals surface area contributed by atoms with Gasteiger partial charge in [0.2, 0.25) is 11.7 Å². The maximum absolute atomic E-state index is 12.0. The molecule has 0 atom stereocenters. The van der Waals surface area contributed by atoms with Crippen molar-refractivity contribution in [3.8, 4) is 11.8 Å². The van der Waals surface area contributed by atoms with Crippen molar-refractivity contribution in [3.05, 3.63) is 66.0 Å². The fourth-order valence-corrected chi connectivity index (χ4v) is 2.06. The summed E-state index contributed by atoms with van der Waals surface area (Å²) in [5, 5.41) is 23.3. The normalized spacial score (nSPS) is 10.0. The first kappa shape index (κ1) is 16.1. The first-order valence-corrected chi connectivity index (χ1v) is 7.47. The number of nitrogens with zero attached hydrogens (tertiary/aromatic N) is 5. The minimum atomic E-state index is -0.317. The van der Waals surface area contributed by atoms with Crippen LogP contribution >= 0.6 is 0 Å². The van der Waals surface area contributed by atoms with Gasteiger partial charge in [0.1, 0.15) is 12.3 Å². The third-order valence-electron chi connectivity index (χ3n) is 3.17. The monoisotopic (exact) mass is 334 g/mol. The van der Waals surface area contributed by atoms with Crippen LogP contribution in [0.4, 0.5) is 5.69 Å². The molecule has 124 valence electrons. The Morgan fingerprint density at radius 3 is 2.84 bits per heavy atom. The number of ether oxygens (including phenoxy) is 1. The number of amides is 1. The Hall–Kier alpha value is -3.73. The van der Waals surface area contributed by atoms with Crippen molar-refractivity contribution >= 4 is 11.6 Å². The number of aromatic nitrogens is 4. The second-order valence-electron chi connectivity index (χ2n) is 5.08. The fourth-order valence-electron chi connectivity index (χ4n) is 2.06. The number of nitrogens with one attached hydrogen (secondary N) is 1. The van der Waals surface area contributed by atoms with Crippen molar-refractivity contribution in [2.75, 3.05) is 5.32 Å². The molecule has 1 aromatic heterocycles. The van der Waals surface area contributed by atoms with Gasteiger partial charge in [-0.3, -0.25) is 4.79 Å². The molecular formula is C17H14N6O2. The Morgan fingerprint density at radius 2 is 2.04 bits per heavy atom. The van der Waals surface area contributed by atoms with Crippen LogP contribution in [0, 0.1) is 11.3 Å². The van der Waals surface area contributed by atoms with Crippen LogP contribution in [-0.4, -0.2) is 26.1 Å². The molecule has 1 heterocycles. The topological polar surface area (TPSA) is 106 Å². The lowest BCUT2D eigenvalue weighted by atomic mass is 10.2. The molecule has 25 heavy (non-hydrogen) atoms. The van der Waals surface area contributed by atoms with Crippen LogP contribution in [0.1, 0.15) is 11.4 Å². The summed E-state index contributed by atoms with van der Waals surface area (Å²) in [7, 11) is 0. The number of anilines is 1. The molecule has 0 unspecified atom stereocenters. The second kappa shape index (κ2) is 7.70. The van der Waals surface area contributed by atoms with Gasteiger partial charge in [-0.1, -0.05) is 24.3 Å². The summed E-state index contributed by atoms with van der Waals surface area (Å²) in [5.41, 5.74) is 1.01. The zero-order valence-electron chi connectivity index (χ0n) is 13.2. The van der Waals surface area contributed by atoms with Gasteiger partial charge < -0.3 is 10.1 Å². The van der Waals surface area contributed by atoms with Gasteiger partial charge in [-0.05, 0) is 35.5 Å². The number of carbonyl (C=O) groups is 1. The van der Waals surface area contributed by atoms with Gasteiger partial charge in [0.15, 0.2) is 6.61 Å². The lowest BCUT2D eigenvalue weighted by Gasteiger charge is -2.04. The van der Waals surface area contributed by atoms with Crippen LogP contribution in [0.25, 0.3) is 0 Å². The molecule has 0 spiro atoms. The average Bonchev–Trinajstić information content (AvgIpc) is 3.08. The average molecular weight is 334 g/mol. The maximum Gasteiger partial charge on any atom is 0.248 e. The highest BCUT2D eigenvalue weighted by Crippen LogP contribution is 2.10. The number of benzene rings is 2. The number of tetrazole rings is 1. The summed E-state index contributed by atoms with van der Waals surface area (Å²) < 4.78 is 5.52. The van der Waals surface area contributed by atoms with Crippen molar-refractivity contribution in [2.24, 2.45) is 0 Å². The molecule has 3 aromatic rings. The fraction of sp³-hybridized carbons (Fsp3) is 0.118. The number of para-hydroxylation sites is 1. The molecule has 1 amide bonds. The third kappa shape index (κ3) is 4.62. The molecular weight excluding hydrogens is 320 g/mol. The molecule has 3 rings (SSSR count). The maximum atomic E-state index is 12.0. The molecule has 0 aliphatic rings. The number of carbonyl (C=O) groups excluding carboxylic acids is 1. The lowest BCUT2D eigenvalue weighted by Crippen LogP contribution is -2.20. The highest BCUT2D eigenvalue weighted by molar-refractivity contribution is 5.90. The second-order valence-corrected chi connectivity index (χ2v) is 5.08.